The van der Waals surface area contributed by atoms with Crippen LogP contribution in [0.2, 0.25) is 0 Å². The third-order valence-electron chi connectivity index (χ3n) is 3.01. The van der Waals surface area contributed by atoms with Crippen molar-refractivity contribution in [3.05, 3.63) is 11.6 Å². The van der Waals surface area contributed by atoms with E-state index < -0.39 is 35.8 Å². The predicted molar refractivity (Wildman–Crippen MR) is 66.6 cm³/mol. The monoisotopic (exact) mass is 310 g/mol. The van der Waals surface area contributed by atoms with Crippen molar-refractivity contribution >= 4 is 12.0 Å². The van der Waals surface area contributed by atoms with Gasteiger partial charge in [0.25, 0.3) is 0 Å². The molecule has 0 aromatic heterocycles. The fourth-order valence-corrected chi connectivity index (χ4v) is 1.88. The molecule has 1 heterocycles. The number of hydrogen-bond donors (Lipinski definition) is 3. The number of carboxylic acids is 1. The van der Waals surface area contributed by atoms with Gasteiger partial charge < -0.3 is 20.4 Å². The van der Waals surface area contributed by atoms with Crippen molar-refractivity contribution in [3.8, 4) is 0 Å². The van der Waals surface area contributed by atoms with Gasteiger partial charge in [-0.3, -0.25) is 4.79 Å². The minimum atomic E-state index is -4.38. The quantitative estimate of drug-likeness (QED) is 0.679. The van der Waals surface area contributed by atoms with Gasteiger partial charge in [0.15, 0.2) is 0 Å². The number of alkyl halides is 3. The van der Waals surface area contributed by atoms with E-state index >= 15 is 0 Å². The van der Waals surface area contributed by atoms with E-state index in [-0.39, 0.29) is 26.1 Å². The summed E-state index contributed by atoms with van der Waals surface area (Å²) in [6, 6.07) is -0.641. The van der Waals surface area contributed by atoms with Crippen LogP contribution in [-0.2, 0) is 4.79 Å². The van der Waals surface area contributed by atoms with Crippen LogP contribution in [0.1, 0.15) is 19.8 Å². The molecule has 6 nitrogen and oxygen atoms in total. The maximum absolute atomic E-state index is 12.4. The van der Waals surface area contributed by atoms with Gasteiger partial charge in [0.05, 0.1) is 12.0 Å². The summed E-state index contributed by atoms with van der Waals surface area (Å²) in [6.07, 6.45) is -4.28. The Morgan fingerprint density at radius 1 is 1.43 bits per heavy atom. The molecule has 0 aromatic carbocycles. The lowest BCUT2D eigenvalue weighted by Gasteiger charge is -2.29. The first-order chi connectivity index (χ1) is 9.51. The Balaban J connectivity index is 2.48. The summed E-state index contributed by atoms with van der Waals surface area (Å²) < 4.78 is 37.3. The molecule has 0 radical (unpaired) electrons. The van der Waals surface area contributed by atoms with E-state index in [2.05, 4.69) is 5.32 Å². The summed E-state index contributed by atoms with van der Waals surface area (Å²) in [4.78, 5) is 23.4. The highest BCUT2D eigenvalue weighted by atomic mass is 19.4. The third kappa shape index (κ3) is 5.62. The minimum Gasteiger partial charge on any atom is -0.481 e. The Kier molecular flexibility index (Phi) is 5.21. The first-order valence-electron chi connectivity index (χ1n) is 6.24. The Bertz CT molecular complexity index is 446. The van der Waals surface area contributed by atoms with Gasteiger partial charge in [0.1, 0.15) is 0 Å². The van der Waals surface area contributed by atoms with Crippen molar-refractivity contribution in [2.75, 3.05) is 19.6 Å². The van der Waals surface area contributed by atoms with Gasteiger partial charge in [-0.05, 0) is 13.3 Å². The molecule has 120 valence electrons. The van der Waals surface area contributed by atoms with Crippen LogP contribution >= 0.6 is 0 Å². The fraction of sp³-hybridized carbons (Fsp3) is 0.667. The predicted octanol–water partition coefficient (Wildman–Crippen LogP) is 1.12. The minimum absolute atomic E-state index is 0.0851. The molecule has 1 atom stereocenters. The first kappa shape index (κ1) is 17.3. The van der Waals surface area contributed by atoms with Crippen molar-refractivity contribution < 1.29 is 33.0 Å². The van der Waals surface area contributed by atoms with Gasteiger partial charge in [-0.2, -0.15) is 13.2 Å². The summed E-state index contributed by atoms with van der Waals surface area (Å²) >= 11 is 0. The Morgan fingerprint density at radius 2 is 2.05 bits per heavy atom. The lowest BCUT2D eigenvalue weighted by Crippen LogP contribution is -2.48. The molecule has 1 aliphatic rings. The van der Waals surface area contributed by atoms with Crippen LogP contribution in [0.25, 0.3) is 0 Å². The highest BCUT2D eigenvalue weighted by Gasteiger charge is 2.35. The Hall–Kier alpha value is -1.77. The number of nitrogens with zero attached hydrogens (tertiary/aromatic N) is 1. The smallest absolute Gasteiger partial charge is 0.412 e. The zero-order valence-corrected chi connectivity index (χ0v) is 11.4. The third-order valence-corrected chi connectivity index (χ3v) is 3.01. The number of nitrogens with one attached hydrogen (secondary N) is 1. The van der Waals surface area contributed by atoms with Crippen molar-refractivity contribution in [1.29, 1.82) is 0 Å². The molecule has 0 saturated carbocycles. The van der Waals surface area contributed by atoms with Crippen LogP contribution in [0.4, 0.5) is 18.0 Å². The molecule has 2 amide bonds. The topological polar surface area (TPSA) is 89.9 Å². The van der Waals surface area contributed by atoms with Crippen molar-refractivity contribution in [2.45, 2.75) is 31.5 Å². The summed E-state index contributed by atoms with van der Waals surface area (Å²) in [5.41, 5.74) is -2.28. The van der Waals surface area contributed by atoms with E-state index in [0.29, 0.717) is 0 Å². The first-order valence-corrected chi connectivity index (χ1v) is 6.24. The number of urea groups is 1. The highest BCUT2D eigenvalue weighted by Crippen LogP contribution is 2.30. The van der Waals surface area contributed by atoms with Crippen LogP contribution in [0.3, 0.4) is 0 Å². The van der Waals surface area contributed by atoms with E-state index in [9.17, 15) is 27.9 Å². The average molecular weight is 310 g/mol. The van der Waals surface area contributed by atoms with Gasteiger partial charge in [-0.25, -0.2) is 4.79 Å². The van der Waals surface area contributed by atoms with Crippen LogP contribution in [0.15, 0.2) is 11.6 Å². The number of carboxylic acid groups (broad SMARTS) is 1. The lowest BCUT2D eigenvalue weighted by molar-refractivity contribution is -0.141. The van der Waals surface area contributed by atoms with E-state index in [1.54, 1.807) is 0 Å². The van der Waals surface area contributed by atoms with E-state index in [1.807, 2.05) is 0 Å². The largest absolute Gasteiger partial charge is 0.481 e. The van der Waals surface area contributed by atoms with Crippen LogP contribution in [0.5, 0.6) is 0 Å². The van der Waals surface area contributed by atoms with Crippen molar-refractivity contribution in [3.63, 3.8) is 0 Å². The molecule has 0 aliphatic carbocycles. The molecule has 1 aliphatic heterocycles. The molecule has 0 spiro atoms. The number of hydrogen-bond acceptors (Lipinski definition) is 3. The number of carbonyl (C=O) groups excluding carboxylic acids is 1. The molecule has 0 aromatic rings. The molecule has 0 fully saturated rings. The van der Waals surface area contributed by atoms with Gasteiger partial charge in [0, 0.05) is 25.2 Å². The second-order valence-corrected chi connectivity index (χ2v) is 5.15. The molecule has 0 bridgehead atoms. The van der Waals surface area contributed by atoms with E-state index in [0.717, 1.165) is 11.0 Å². The number of halogens is 3. The number of carbonyl (C=O) groups is 2. The van der Waals surface area contributed by atoms with Crippen molar-refractivity contribution in [2.24, 2.45) is 0 Å². The van der Waals surface area contributed by atoms with Gasteiger partial charge in [-0.15, -0.1) is 0 Å². The molecule has 3 N–H and O–H groups in total. The molecule has 21 heavy (non-hydrogen) atoms. The number of aliphatic carboxylic acids is 1. The Labute approximate surface area is 119 Å². The van der Waals surface area contributed by atoms with Gasteiger partial charge in [0.2, 0.25) is 0 Å². The normalized spacial score (nSPS) is 18.7. The molecular weight excluding hydrogens is 293 g/mol. The lowest BCUT2D eigenvalue weighted by atomic mass is 10.0. The second kappa shape index (κ2) is 6.33. The molecule has 1 rings (SSSR count). The van der Waals surface area contributed by atoms with E-state index in [4.69, 9.17) is 5.11 Å². The molecule has 0 saturated heterocycles. The van der Waals surface area contributed by atoms with Crippen LogP contribution in [-0.4, -0.2) is 58.5 Å². The summed E-state index contributed by atoms with van der Waals surface area (Å²) in [7, 11) is 0. The Morgan fingerprint density at radius 3 is 2.48 bits per heavy atom. The number of aliphatic hydroxyl groups is 1. The summed E-state index contributed by atoms with van der Waals surface area (Å²) in [6.45, 7) is 0.684. The fourth-order valence-electron chi connectivity index (χ4n) is 1.88. The summed E-state index contributed by atoms with van der Waals surface area (Å²) in [5.74, 6) is -1.22. The van der Waals surface area contributed by atoms with E-state index in [1.165, 1.54) is 6.92 Å². The van der Waals surface area contributed by atoms with Gasteiger partial charge in [-0.1, -0.05) is 6.08 Å². The number of amides is 2. The maximum Gasteiger partial charge on any atom is 0.412 e. The van der Waals surface area contributed by atoms with Crippen LogP contribution < -0.4 is 5.32 Å². The standard InChI is InChI=1S/C12H17F3N2O4/c1-11(21,6-9(18)19)7-16-10(20)17-4-2-8(3-5-17)12(13,14)15/h2,21H,3-7H2,1H3,(H,16,20)(H,18,19). The molecular formula is C12H17F3N2O4. The summed E-state index contributed by atoms with van der Waals surface area (Å²) in [5, 5.41) is 20.6. The maximum atomic E-state index is 12.4. The number of rotatable bonds is 4. The highest BCUT2D eigenvalue weighted by molar-refractivity contribution is 5.75. The zero-order valence-electron chi connectivity index (χ0n) is 11.4. The van der Waals surface area contributed by atoms with Crippen molar-refractivity contribution in [1.82, 2.24) is 10.2 Å². The SMILES string of the molecule is CC(O)(CNC(=O)N1CC=C(C(F)(F)F)CC1)CC(=O)O. The zero-order chi connectivity index (χ0) is 16.3. The second-order valence-electron chi connectivity index (χ2n) is 5.15. The van der Waals surface area contributed by atoms with Crippen LogP contribution in [0, 0.1) is 0 Å². The average Bonchev–Trinajstić information content (AvgIpc) is 2.33. The van der Waals surface area contributed by atoms with Gasteiger partial charge >= 0.3 is 18.2 Å². The molecule has 1 unspecified atom stereocenters. The molecule has 9 heteroatoms.